The highest BCUT2D eigenvalue weighted by atomic mass is 19.1. The Morgan fingerprint density at radius 3 is 2.52 bits per heavy atom. The summed E-state index contributed by atoms with van der Waals surface area (Å²) in [6, 6.07) is 15.2. The van der Waals surface area contributed by atoms with Crippen LogP contribution in [0.25, 0.3) is 0 Å². The molecule has 1 aliphatic heterocycles. The molecule has 0 saturated heterocycles. The number of nitrogens with one attached hydrogen (secondary N) is 1. The van der Waals surface area contributed by atoms with Crippen LogP contribution >= 0.6 is 0 Å². The zero-order valence-electron chi connectivity index (χ0n) is 13.8. The van der Waals surface area contributed by atoms with Crippen molar-refractivity contribution in [2.75, 3.05) is 0 Å². The Kier molecular flexibility index (Phi) is 4.93. The van der Waals surface area contributed by atoms with Gasteiger partial charge >= 0.3 is 5.97 Å². The molecule has 5 heteroatoms. The third kappa shape index (κ3) is 3.94. The van der Waals surface area contributed by atoms with E-state index in [1.165, 1.54) is 12.1 Å². The van der Waals surface area contributed by atoms with Crippen molar-refractivity contribution in [2.24, 2.45) is 0 Å². The molecule has 0 aliphatic carbocycles. The van der Waals surface area contributed by atoms with Gasteiger partial charge in [0, 0.05) is 18.0 Å². The second-order valence-electron chi connectivity index (χ2n) is 5.96. The van der Waals surface area contributed by atoms with E-state index in [0.29, 0.717) is 16.8 Å². The fraction of sp³-hybridized carbons (Fsp3) is 0.200. The minimum Gasteiger partial charge on any atom is -0.457 e. The predicted octanol–water partition coefficient (Wildman–Crippen LogP) is 3.45. The van der Waals surface area contributed by atoms with Gasteiger partial charge in [0.15, 0.2) is 0 Å². The van der Waals surface area contributed by atoms with Gasteiger partial charge in [0.25, 0.3) is 0 Å². The minimum atomic E-state index is -0.476. The molecule has 0 radical (unpaired) electrons. The molecule has 0 saturated carbocycles. The second-order valence-corrected chi connectivity index (χ2v) is 5.96. The lowest BCUT2D eigenvalue weighted by molar-refractivity contribution is -0.141. The van der Waals surface area contributed by atoms with Crippen LogP contribution in [0, 0.1) is 5.82 Å². The lowest BCUT2D eigenvalue weighted by atomic mass is 9.84. The van der Waals surface area contributed by atoms with Crippen molar-refractivity contribution < 1.29 is 18.7 Å². The SMILES string of the molecule is CC1=C(C(=O)OCc2ccccc2)C(c2ccc(F)cc2)CC(=O)N1. The second kappa shape index (κ2) is 7.30. The molecule has 1 aliphatic rings. The zero-order valence-corrected chi connectivity index (χ0v) is 13.8. The maximum atomic E-state index is 13.2. The first-order chi connectivity index (χ1) is 12.0. The number of rotatable bonds is 4. The maximum absolute atomic E-state index is 13.2. The van der Waals surface area contributed by atoms with Gasteiger partial charge in [-0.3, -0.25) is 4.79 Å². The van der Waals surface area contributed by atoms with Crippen molar-refractivity contribution in [1.29, 1.82) is 0 Å². The molecule has 4 nitrogen and oxygen atoms in total. The van der Waals surface area contributed by atoms with E-state index in [0.717, 1.165) is 5.56 Å². The minimum absolute atomic E-state index is 0.124. The average molecular weight is 339 g/mol. The molecule has 0 spiro atoms. The van der Waals surface area contributed by atoms with E-state index >= 15 is 0 Å². The van der Waals surface area contributed by atoms with Crippen LogP contribution in [0.3, 0.4) is 0 Å². The van der Waals surface area contributed by atoms with E-state index in [2.05, 4.69) is 5.32 Å². The first-order valence-electron chi connectivity index (χ1n) is 8.01. The standard InChI is InChI=1S/C20H18FNO3/c1-13-19(20(24)25-12-14-5-3-2-4-6-14)17(11-18(23)22-13)15-7-9-16(21)10-8-15/h2-10,17H,11-12H2,1H3,(H,22,23). The Balaban J connectivity index is 1.84. The Hall–Kier alpha value is -2.95. The molecule has 2 aromatic rings. The number of hydrogen-bond donors (Lipinski definition) is 1. The Morgan fingerprint density at radius 2 is 1.84 bits per heavy atom. The van der Waals surface area contributed by atoms with Crippen molar-refractivity contribution in [3.8, 4) is 0 Å². The van der Waals surface area contributed by atoms with Crippen molar-refractivity contribution in [2.45, 2.75) is 25.9 Å². The lowest BCUT2D eigenvalue weighted by Gasteiger charge is -2.26. The molecule has 1 atom stereocenters. The Labute approximate surface area is 145 Å². The third-order valence-corrected chi connectivity index (χ3v) is 4.17. The molecule has 25 heavy (non-hydrogen) atoms. The summed E-state index contributed by atoms with van der Waals surface area (Å²) in [5.74, 6) is -1.46. The van der Waals surface area contributed by atoms with E-state index in [-0.39, 0.29) is 24.8 Å². The first-order valence-corrected chi connectivity index (χ1v) is 8.01. The van der Waals surface area contributed by atoms with Crippen LogP contribution < -0.4 is 5.32 Å². The molecule has 0 bridgehead atoms. The summed E-state index contributed by atoms with van der Waals surface area (Å²) in [6.45, 7) is 1.83. The molecule has 1 N–H and O–H groups in total. The van der Waals surface area contributed by atoms with E-state index in [1.54, 1.807) is 19.1 Å². The molecule has 1 amide bonds. The predicted molar refractivity (Wildman–Crippen MR) is 90.8 cm³/mol. The molecule has 1 heterocycles. The van der Waals surface area contributed by atoms with Gasteiger partial charge in [-0.1, -0.05) is 42.5 Å². The summed E-state index contributed by atoms with van der Waals surface area (Å²) in [7, 11) is 0. The summed E-state index contributed by atoms with van der Waals surface area (Å²) < 4.78 is 18.6. The molecular weight excluding hydrogens is 321 g/mol. The normalized spacial score (nSPS) is 17.2. The number of amides is 1. The highest BCUT2D eigenvalue weighted by Crippen LogP contribution is 2.33. The van der Waals surface area contributed by atoms with Gasteiger partial charge in [-0.25, -0.2) is 9.18 Å². The number of hydrogen-bond acceptors (Lipinski definition) is 3. The summed E-state index contributed by atoms with van der Waals surface area (Å²) in [5.41, 5.74) is 2.47. The van der Waals surface area contributed by atoms with Gasteiger partial charge in [0.05, 0.1) is 5.57 Å². The molecule has 128 valence electrons. The van der Waals surface area contributed by atoms with Crippen LogP contribution in [0.4, 0.5) is 4.39 Å². The number of esters is 1. The van der Waals surface area contributed by atoms with Gasteiger partial charge in [0.1, 0.15) is 12.4 Å². The quantitative estimate of drug-likeness (QED) is 0.868. The molecule has 0 fully saturated rings. The number of carbonyl (C=O) groups is 2. The number of allylic oxidation sites excluding steroid dienone is 1. The van der Waals surface area contributed by atoms with Crippen LogP contribution in [-0.2, 0) is 20.9 Å². The molecule has 3 rings (SSSR count). The first kappa shape index (κ1) is 16.9. The number of benzene rings is 2. The Morgan fingerprint density at radius 1 is 1.16 bits per heavy atom. The van der Waals surface area contributed by atoms with Crippen LogP contribution in [0.2, 0.25) is 0 Å². The van der Waals surface area contributed by atoms with Crippen LogP contribution in [-0.4, -0.2) is 11.9 Å². The summed E-state index contributed by atoms with van der Waals surface area (Å²) in [5, 5.41) is 2.69. The largest absolute Gasteiger partial charge is 0.457 e. The van der Waals surface area contributed by atoms with Crippen molar-refractivity contribution in [3.63, 3.8) is 0 Å². The topological polar surface area (TPSA) is 55.4 Å². The molecule has 0 aromatic heterocycles. The molecular formula is C20H18FNO3. The summed E-state index contributed by atoms with van der Waals surface area (Å²) in [4.78, 5) is 24.5. The smallest absolute Gasteiger partial charge is 0.336 e. The maximum Gasteiger partial charge on any atom is 0.336 e. The highest BCUT2D eigenvalue weighted by Gasteiger charge is 2.32. The third-order valence-electron chi connectivity index (χ3n) is 4.17. The Bertz CT molecular complexity index is 813. The fourth-order valence-corrected chi connectivity index (χ4v) is 2.95. The summed E-state index contributed by atoms with van der Waals surface area (Å²) >= 11 is 0. The number of carbonyl (C=O) groups excluding carboxylic acids is 2. The molecule has 1 unspecified atom stereocenters. The van der Waals surface area contributed by atoms with Gasteiger partial charge in [-0.2, -0.15) is 0 Å². The van der Waals surface area contributed by atoms with Gasteiger partial charge < -0.3 is 10.1 Å². The summed E-state index contributed by atoms with van der Waals surface area (Å²) in [6.07, 6.45) is 0.124. The van der Waals surface area contributed by atoms with Crippen LogP contribution in [0.5, 0.6) is 0 Å². The van der Waals surface area contributed by atoms with E-state index in [4.69, 9.17) is 4.74 Å². The molecule has 2 aromatic carbocycles. The average Bonchev–Trinajstić information content (AvgIpc) is 2.60. The fourth-order valence-electron chi connectivity index (χ4n) is 2.95. The van der Waals surface area contributed by atoms with Crippen LogP contribution in [0.1, 0.15) is 30.4 Å². The lowest BCUT2D eigenvalue weighted by Crippen LogP contribution is -2.34. The van der Waals surface area contributed by atoms with E-state index in [1.807, 2.05) is 30.3 Å². The van der Waals surface area contributed by atoms with Gasteiger partial charge in [-0.05, 0) is 30.2 Å². The van der Waals surface area contributed by atoms with Crippen LogP contribution in [0.15, 0.2) is 65.9 Å². The van der Waals surface area contributed by atoms with Gasteiger partial charge in [-0.15, -0.1) is 0 Å². The van der Waals surface area contributed by atoms with E-state index in [9.17, 15) is 14.0 Å². The van der Waals surface area contributed by atoms with Crippen molar-refractivity contribution in [3.05, 3.63) is 82.8 Å². The van der Waals surface area contributed by atoms with E-state index < -0.39 is 11.9 Å². The number of ether oxygens (including phenoxy) is 1. The zero-order chi connectivity index (χ0) is 17.8. The van der Waals surface area contributed by atoms with Crippen molar-refractivity contribution in [1.82, 2.24) is 5.32 Å². The van der Waals surface area contributed by atoms with Crippen molar-refractivity contribution >= 4 is 11.9 Å². The highest BCUT2D eigenvalue weighted by molar-refractivity contribution is 5.95. The monoisotopic (exact) mass is 339 g/mol. The number of halogens is 1. The van der Waals surface area contributed by atoms with Gasteiger partial charge in [0.2, 0.25) is 5.91 Å².